The van der Waals surface area contributed by atoms with Crippen LogP contribution < -0.4 is 10.2 Å². The van der Waals surface area contributed by atoms with Gasteiger partial charge in [-0.1, -0.05) is 53.7 Å². The molecule has 0 fully saturated rings. The summed E-state index contributed by atoms with van der Waals surface area (Å²) in [7, 11) is 0. The number of imidazole rings is 1. The minimum absolute atomic E-state index is 0.184. The SMILES string of the molecule is CCOc1ccc(/C=N/NC(=O)CSc2nc3ccccc3n2Cc2ccc(C)cc2)cc1. The van der Waals surface area contributed by atoms with E-state index in [0.29, 0.717) is 13.2 Å². The molecule has 1 N–H and O–H groups in total. The van der Waals surface area contributed by atoms with Crippen molar-refractivity contribution in [2.75, 3.05) is 12.4 Å². The standard InChI is InChI=1S/C26H26N4O2S/c1-3-32-22-14-12-20(13-15-22)16-27-29-25(31)18-33-26-28-23-6-4-5-7-24(23)30(26)17-21-10-8-19(2)9-11-21/h4-16H,3,17-18H2,1-2H3,(H,29,31)/b27-16+. The van der Waals surface area contributed by atoms with Crippen molar-refractivity contribution in [3.8, 4) is 5.75 Å². The third-order valence-electron chi connectivity index (χ3n) is 5.01. The van der Waals surface area contributed by atoms with Gasteiger partial charge in [0, 0.05) is 0 Å². The number of nitrogens with one attached hydrogen (secondary N) is 1. The van der Waals surface area contributed by atoms with Gasteiger partial charge in [-0.15, -0.1) is 0 Å². The molecule has 7 heteroatoms. The molecule has 33 heavy (non-hydrogen) atoms. The van der Waals surface area contributed by atoms with Gasteiger partial charge >= 0.3 is 0 Å². The van der Waals surface area contributed by atoms with E-state index in [-0.39, 0.29) is 11.7 Å². The van der Waals surface area contributed by atoms with E-state index in [0.717, 1.165) is 27.5 Å². The second-order valence-corrected chi connectivity index (χ2v) is 8.48. The summed E-state index contributed by atoms with van der Waals surface area (Å²) >= 11 is 1.41. The fourth-order valence-electron chi connectivity index (χ4n) is 3.35. The lowest BCUT2D eigenvalue weighted by Gasteiger charge is -2.09. The Balaban J connectivity index is 1.40. The molecule has 168 valence electrons. The zero-order valence-corrected chi connectivity index (χ0v) is 19.5. The summed E-state index contributed by atoms with van der Waals surface area (Å²) in [5.74, 6) is 0.845. The number of aromatic nitrogens is 2. The molecular weight excluding hydrogens is 432 g/mol. The molecule has 4 aromatic rings. The van der Waals surface area contributed by atoms with Gasteiger partial charge in [0.15, 0.2) is 5.16 Å². The van der Waals surface area contributed by atoms with Gasteiger partial charge in [-0.3, -0.25) is 4.79 Å². The normalized spacial score (nSPS) is 11.2. The lowest BCUT2D eigenvalue weighted by molar-refractivity contribution is -0.118. The van der Waals surface area contributed by atoms with E-state index in [1.165, 1.54) is 22.9 Å². The first-order valence-corrected chi connectivity index (χ1v) is 11.8. The lowest BCUT2D eigenvalue weighted by atomic mass is 10.1. The number of hydrazone groups is 1. The van der Waals surface area contributed by atoms with Gasteiger partial charge in [-0.2, -0.15) is 5.10 Å². The number of thioether (sulfide) groups is 1. The van der Waals surface area contributed by atoms with E-state index >= 15 is 0 Å². The highest BCUT2D eigenvalue weighted by atomic mass is 32.2. The van der Waals surface area contributed by atoms with E-state index < -0.39 is 0 Å². The molecule has 1 aromatic heterocycles. The van der Waals surface area contributed by atoms with Gasteiger partial charge in [0.1, 0.15) is 5.75 Å². The first kappa shape index (κ1) is 22.6. The highest BCUT2D eigenvalue weighted by Gasteiger charge is 2.13. The Labute approximate surface area is 197 Å². The van der Waals surface area contributed by atoms with Crippen molar-refractivity contribution in [2.24, 2.45) is 5.10 Å². The van der Waals surface area contributed by atoms with Crippen LogP contribution in [0.25, 0.3) is 11.0 Å². The van der Waals surface area contributed by atoms with E-state index in [1.807, 2.05) is 49.4 Å². The molecule has 0 aliphatic carbocycles. The Morgan fingerprint density at radius 3 is 2.61 bits per heavy atom. The smallest absolute Gasteiger partial charge is 0.250 e. The maximum absolute atomic E-state index is 12.4. The van der Waals surface area contributed by atoms with Crippen molar-refractivity contribution >= 4 is 34.9 Å². The maximum Gasteiger partial charge on any atom is 0.250 e. The van der Waals surface area contributed by atoms with Crippen molar-refractivity contribution in [3.05, 3.63) is 89.5 Å². The predicted octanol–water partition coefficient (Wildman–Crippen LogP) is 5.03. The van der Waals surface area contributed by atoms with Crippen LogP contribution in [0.2, 0.25) is 0 Å². The molecule has 1 amide bonds. The second kappa shape index (κ2) is 10.8. The maximum atomic E-state index is 12.4. The summed E-state index contributed by atoms with van der Waals surface area (Å²) in [6.07, 6.45) is 1.62. The number of nitrogens with zero attached hydrogens (tertiary/aromatic N) is 3. The van der Waals surface area contributed by atoms with Crippen LogP contribution in [0, 0.1) is 6.92 Å². The van der Waals surface area contributed by atoms with E-state index in [2.05, 4.69) is 52.3 Å². The van der Waals surface area contributed by atoms with Crippen LogP contribution in [0.15, 0.2) is 83.1 Å². The number of fused-ring (bicyclic) bond motifs is 1. The van der Waals surface area contributed by atoms with Gasteiger partial charge in [-0.05, 0) is 61.4 Å². The third kappa shape index (κ3) is 6.02. The molecule has 6 nitrogen and oxygen atoms in total. The average molecular weight is 459 g/mol. The number of amides is 1. The van der Waals surface area contributed by atoms with Crippen molar-refractivity contribution in [2.45, 2.75) is 25.5 Å². The zero-order chi connectivity index (χ0) is 23.0. The number of hydrogen-bond acceptors (Lipinski definition) is 5. The molecule has 0 radical (unpaired) electrons. The van der Waals surface area contributed by atoms with Crippen LogP contribution in [-0.2, 0) is 11.3 Å². The Morgan fingerprint density at radius 1 is 1.09 bits per heavy atom. The van der Waals surface area contributed by atoms with Crippen molar-refractivity contribution in [1.82, 2.24) is 15.0 Å². The van der Waals surface area contributed by atoms with Crippen LogP contribution >= 0.6 is 11.8 Å². The minimum Gasteiger partial charge on any atom is -0.494 e. The molecule has 0 bridgehead atoms. The van der Waals surface area contributed by atoms with Crippen LogP contribution in [0.1, 0.15) is 23.6 Å². The number of benzene rings is 3. The average Bonchev–Trinajstić information content (AvgIpc) is 3.18. The molecule has 0 aliphatic rings. The topological polar surface area (TPSA) is 68.5 Å². The number of aryl methyl sites for hydroxylation is 1. The number of rotatable bonds is 9. The van der Waals surface area contributed by atoms with E-state index in [9.17, 15) is 4.79 Å². The molecule has 3 aromatic carbocycles. The predicted molar refractivity (Wildman–Crippen MR) is 134 cm³/mol. The van der Waals surface area contributed by atoms with Crippen molar-refractivity contribution in [3.63, 3.8) is 0 Å². The number of carbonyl (C=O) groups is 1. The molecule has 1 heterocycles. The molecule has 0 spiro atoms. The van der Waals surface area contributed by atoms with E-state index in [1.54, 1.807) is 6.21 Å². The summed E-state index contributed by atoms with van der Waals surface area (Å²) in [6, 6.07) is 24.0. The Morgan fingerprint density at radius 2 is 1.85 bits per heavy atom. The summed E-state index contributed by atoms with van der Waals surface area (Å²) in [6.45, 7) is 5.34. The molecule has 0 aliphatic heterocycles. The molecule has 0 unspecified atom stereocenters. The first-order valence-electron chi connectivity index (χ1n) is 10.8. The Bertz CT molecular complexity index is 1250. The van der Waals surface area contributed by atoms with Crippen molar-refractivity contribution in [1.29, 1.82) is 0 Å². The van der Waals surface area contributed by atoms with Gasteiger partial charge in [0.2, 0.25) is 0 Å². The highest BCUT2D eigenvalue weighted by Crippen LogP contribution is 2.25. The molecule has 4 rings (SSSR count). The van der Waals surface area contributed by atoms with Crippen LogP contribution in [0.3, 0.4) is 0 Å². The summed E-state index contributed by atoms with van der Waals surface area (Å²) in [4.78, 5) is 17.1. The quantitative estimate of drug-likeness (QED) is 0.217. The van der Waals surface area contributed by atoms with Crippen LogP contribution in [0.5, 0.6) is 5.75 Å². The van der Waals surface area contributed by atoms with Crippen LogP contribution in [-0.4, -0.2) is 34.0 Å². The fourth-order valence-corrected chi connectivity index (χ4v) is 4.16. The fraction of sp³-hybridized carbons (Fsp3) is 0.192. The highest BCUT2D eigenvalue weighted by molar-refractivity contribution is 7.99. The van der Waals surface area contributed by atoms with Gasteiger partial charge in [0.05, 0.1) is 36.2 Å². The number of para-hydroxylation sites is 2. The monoisotopic (exact) mass is 458 g/mol. The first-order chi connectivity index (χ1) is 16.1. The minimum atomic E-state index is -0.184. The van der Waals surface area contributed by atoms with Gasteiger partial charge in [-0.25, -0.2) is 10.4 Å². The summed E-state index contributed by atoms with van der Waals surface area (Å²) in [5.41, 5.74) is 7.86. The number of carbonyl (C=O) groups excluding carboxylic acids is 1. The molecule has 0 saturated carbocycles. The number of hydrogen-bond donors (Lipinski definition) is 1. The molecular formula is C26H26N4O2S. The second-order valence-electron chi connectivity index (χ2n) is 7.54. The lowest BCUT2D eigenvalue weighted by Crippen LogP contribution is -2.20. The zero-order valence-electron chi connectivity index (χ0n) is 18.7. The Hall–Kier alpha value is -3.58. The molecule has 0 atom stereocenters. The van der Waals surface area contributed by atoms with E-state index in [4.69, 9.17) is 9.72 Å². The summed E-state index contributed by atoms with van der Waals surface area (Å²) in [5, 5.41) is 4.87. The third-order valence-corrected chi connectivity index (χ3v) is 5.98. The van der Waals surface area contributed by atoms with Gasteiger partial charge in [0.25, 0.3) is 5.91 Å². The molecule has 0 saturated heterocycles. The summed E-state index contributed by atoms with van der Waals surface area (Å²) < 4.78 is 7.58. The van der Waals surface area contributed by atoms with Crippen molar-refractivity contribution < 1.29 is 9.53 Å². The Kier molecular flexibility index (Phi) is 7.42. The number of ether oxygens (including phenoxy) is 1. The van der Waals surface area contributed by atoms with Crippen LogP contribution in [0.4, 0.5) is 0 Å². The largest absolute Gasteiger partial charge is 0.494 e. The van der Waals surface area contributed by atoms with Gasteiger partial charge < -0.3 is 9.30 Å².